The molecule has 196 valence electrons. The highest BCUT2D eigenvalue weighted by molar-refractivity contribution is 8.01. The number of anilines is 2. The average molecular weight is 561 g/mol. The molecule has 2 amide bonds. The van der Waals surface area contributed by atoms with E-state index in [9.17, 15) is 29.4 Å². The van der Waals surface area contributed by atoms with Gasteiger partial charge in [0.25, 0.3) is 5.91 Å². The minimum Gasteiger partial charge on any atom is -0.477 e. The number of carboxylic acid groups (broad SMARTS) is 2. The number of fused-ring (bicyclic) bond motifs is 2. The maximum atomic E-state index is 12.7. The van der Waals surface area contributed by atoms with Crippen molar-refractivity contribution >= 4 is 69.7 Å². The van der Waals surface area contributed by atoms with Gasteiger partial charge in [0, 0.05) is 11.0 Å². The van der Waals surface area contributed by atoms with Crippen LogP contribution in [0.3, 0.4) is 0 Å². The summed E-state index contributed by atoms with van der Waals surface area (Å²) in [5.74, 6) is -4.33. The number of aromatic nitrogens is 4. The molecule has 3 aromatic heterocycles. The van der Waals surface area contributed by atoms with Crippen molar-refractivity contribution in [1.29, 1.82) is 0 Å². The number of β-lactam (4-membered cyclic amide) rings is 1. The molecule has 0 aromatic carbocycles. The number of nitrogens with two attached hydrogens (primary N) is 2. The second kappa shape index (κ2) is 8.99. The number of carboxylic acids is 2. The number of thiazole rings is 1. The molecule has 0 bridgehead atoms. The Balaban J connectivity index is 1.81. The third kappa shape index (κ3) is 3.77. The van der Waals surface area contributed by atoms with E-state index in [1.807, 2.05) is 0 Å². The van der Waals surface area contributed by atoms with E-state index in [4.69, 9.17) is 16.7 Å². The van der Waals surface area contributed by atoms with Crippen molar-refractivity contribution in [2.24, 2.45) is 5.16 Å². The predicted octanol–water partition coefficient (Wildman–Crippen LogP) is -0.986. The number of nitrogens with zero attached hydrogens (tertiary/aromatic N) is 6. The number of carbonyl (C=O) groups is 4. The van der Waals surface area contributed by atoms with Crippen LogP contribution in [0.1, 0.15) is 22.5 Å². The Kier molecular flexibility index (Phi) is 5.91. The number of rotatable bonds is 7. The predicted molar refractivity (Wildman–Crippen MR) is 131 cm³/mol. The van der Waals surface area contributed by atoms with E-state index >= 15 is 0 Å². The number of aromatic carboxylic acids is 1. The number of amides is 2. The van der Waals surface area contributed by atoms with Gasteiger partial charge in [-0.05, 0) is 0 Å². The summed E-state index contributed by atoms with van der Waals surface area (Å²) in [6, 6.07) is 1.52. The molecule has 2 aliphatic heterocycles. The topological polar surface area (TPSA) is 243 Å². The van der Waals surface area contributed by atoms with Crippen molar-refractivity contribution in [3.63, 3.8) is 0 Å². The van der Waals surface area contributed by atoms with Crippen LogP contribution in [0.5, 0.6) is 0 Å². The fourth-order valence-electron chi connectivity index (χ4n) is 4.41. The van der Waals surface area contributed by atoms with Crippen molar-refractivity contribution < 1.29 is 39.2 Å². The normalized spacial score (nSPS) is 21.0. The van der Waals surface area contributed by atoms with Crippen LogP contribution in [-0.4, -0.2) is 70.3 Å². The molecule has 2 aliphatic rings. The summed E-state index contributed by atoms with van der Waals surface area (Å²) in [6.45, 7) is -0.352. The highest BCUT2D eigenvalue weighted by Gasteiger charge is 2.57. The fraction of sp³-hybridized carbons (Fsp3) is 0.200. The standard InChI is InChI=1S/C20H17N9O7S2/c21-16-8(17(32)33)5-27(12-1-2-23-29(12)16)6-9-15(18(34)35)28-13(31)3-14(28)38-20(9,26-11(30)4-24-36)10-7-37-19(22)25-10/h1-2,4-5,7,14,21H,3,6H2,(H6,22,25,26,30,32,33,34,35,36)/p+1/t14-,20?/m0/s1. The van der Waals surface area contributed by atoms with Gasteiger partial charge in [-0.3, -0.25) is 14.5 Å². The minimum atomic E-state index is -1.71. The van der Waals surface area contributed by atoms with Crippen LogP contribution in [0.25, 0.3) is 5.65 Å². The number of nitrogen functional groups attached to an aromatic ring is 2. The van der Waals surface area contributed by atoms with Gasteiger partial charge < -0.3 is 32.2 Å². The van der Waals surface area contributed by atoms with Crippen LogP contribution in [0.2, 0.25) is 0 Å². The molecule has 18 heteroatoms. The summed E-state index contributed by atoms with van der Waals surface area (Å²) in [5.41, 5.74) is 11.6. The van der Waals surface area contributed by atoms with Crippen molar-refractivity contribution in [3.8, 4) is 0 Å². The zero-order chi connectivity index (χ0) is 27.4. The monoisotopic (exact) mass is 560 g/mol. The Labute approximate surface area is 219 Å². The number of hydrogen-bond donors (Lipinski definition) is 6. The lowest BCUT2D eigenvalue weighted by atomic mass is 9.96. The molecule has 5 heterocycles. The maximum absolute atomic E-state index is 12.7. The van der Waals surface area contributed by atoms with Crippen LogP contribution in [0, 0.1) is 0 Å². The fourth-order valence-corrected chi connectivity index (χ4v) is 6.75. The Bertz CT molecular complexity index is 1600. The molecule has 0 aliphatic carbocycles. The van der Waals surface area contributed by atoms with E-state index < -0.39 is 39.7 Å². The molecule has 8 N–H and O–H groups in total. The molecule has 0 radical (unpaired) electrons. The molecule has 38 heavy (non-hydrogen) atoms. The Hall–Kier alpha value is -4.71. The number of nitrogens with one attached hydrogen (secondary N) is 1. The first-order valence-corrected chi connectivity index (χ1v) is 12.4. The molecule has 2 atom stereocenters. The van der Waals surface area contributed by atoms with Crippen molar-refractivity contribution in [1.82, 2.24) is 24.8 Å². The molecule has 0 saturated carbocycles. The zero-order valence-corrected chi connectivity index (χ0v) is 20.6. The molecular weight excluding hydrogens is 542 g/mol. The van der Waals surface area contributed by atoms with Crippen molar-refractivity contribution in [2.45, 2.75) is 23.2 Å². The number of hydrogen-bond acceptors (Lipinski definition) is 12. The van der Waals surface area contributed by atoms with Gasteiger partial charge in [-0.2, -0.15) is 0 Å². The van der Waals surface area contributed by atoms with E-state index in [0.29, 0.717) is 11.9 Å². The van der Waals surface area contributed by atoms with E-state index in [2.05, 4.69) is 20.6 Å². The summed E-state index contributed by atoms with van der Waals surface area (Å²) in [6.07, 6.45) is 3.15. The molecular formula is C20H18N9O7S2+. The molecule has 1 unspecified atom stereocenters. The lowest BCUT2D eigenvalue weighted by Gasteiger charge is -2.50. The first-order valence-electron chi connectivity index (χ1n) is 10.6. The van der Waals surface area contributed by atoms with Gasteiger partial charge in [-0.25, -0.2) is 19.1 Å². The molecule has 1 fully saturated rings. The quantitative estimate of drug-likeness (QED) is 0.0671. The molecule has 5 rings (SSSR count). The van der Waals surface area contributed by atoms with Gasteiger partial charge in [-0.1, -0.05) is 26.5 Å². The van der Waals surface area contributed by atoms with Crippen LogP contribution < -0.4 is 21.4 Å². The number of carbonyl (C=O) groups excluding carboxylic acids is 2. The molecule has 16 nitrogen and oxygen atoms in total. The summed E-state index contributed by atoms with van der Waals surface area (Å²) < 4.78 is 2.55. The lowest BCUT2D eigenvalue weighted by Crippen LogP contribution is -2.62. The molecule has 1 saturated heterocycles. The second-order valence-corrected chi connectivity index (χ2v) is 10.4. The molecule has 0 spiro atoms. The Morgan fingerprint density at radius 1 is 1.32 bits per heavy atom. The second-order valence-electron chi connectivity index (χ2n) is 8.12. The van der Waals surface area contributed by atoms with E-state index in [-0.39, 0.29) is 40.7 Å². The SMILES string of the molecule is Nc1nc(C2(NC(=O)C=NO)S[C@H]3CC(=O)N3C(C(=O)O)=C2C[n+]2cc(C(=O)O)c(N)n3nccc32)cs1. The van der Waals surface area contributed by atoms with E-state index in [1.165, 1.54) is 28.4 Å². The smallest absolute Gasteiger partial charge is 0.352 e. The third-order valence-corrected chi connectivity index (χ3v) is 8.23. The summed E-state index contributed by atoms with van der Waals surface area (Å²) >= 11 is 2.08. The van der Waals surface area contributed by atoms with Crippen molar-refractivity contribution in [3.05, 3.63) is 46.4 Å². The average Bonchev–Trinajstić information content (AvgIpc) is 3.51. The third-order valence-electron chi connectivity index (χ3n) is 5.99. The first kappa shape index (κ1) is 25.0. The van der Waals surface area contributed by atoms with Crippen LogP contribution in [-0.2, 0) is 25.8 Å². The highest BCUT2D eigenvalue weighted by Crippen LogP contribution is 2.54. The first-order chi connectivity index (χ1) is 18.1. The lowest BCUT2D eigenvalue weighted by molar-refractivity contribution is -0.667. The number of oxime groups is 1. The van der Waals surface area contributed by atoms with Gasteiger partial charge in [0.2, 0.25) is 11.7 Å². The summed E-state index contributed by atoms with van der Waals surface area (Å²) in [5, 5.41) is 39.4. The van der Waals surface area contributed by atoms with Crippen molar-refractivity contribution in [2.75, 3.05) is 11.5 Å². The van der Waals surface area contributed by atoms with Gasteiger partial charge >= 0.3 is 17.6 Å². The zero-order valence-electron chi connectivity index (χ0n) is 19.0. The minimum absolute atomic E-state index is 0.00883. The van der Waals surface area contributed by atoms with Gasteiger partial charge in [0.05, 0.1) is 29.8 Å². The van der Waals surface area contributed by atoms with Crippen LogP contribution in [0.4, 0.5) is 10.9 Å². The van der Waals surface area contributed by atoms with Crippen LogP contribution >= 0.6 is 23.1 Å². The maximum Gasteiger partial charge on any atom is 0.352 e. The molecule has 3 aromatic rings. The Morgan fingerprint density at radius 2 is 2.08 bits per heavy atom. The van der Waals surface area contributed by atoms with E-state index in [1.54, 1.807) is 0 Å². The van der Waals surface area contributed by atoms with Gasteiger partial charge in [-0.15, -0.1) is 11.3 Å². The van der Waals surface area contributed by atoms with Gasteiger partial charge in [0.1, 0.15) is 24.7 Å². The van der Waals surface area contributed by atoms with Crippen LogP contribution in [0.15, 0.2) is 40.3 Å². The highest BCUT2D eigenvalue weighted by atomic mass is 32.2. The Morgan fingerprint density at radius 3 is 2.68 bits per heavy atom. The largest absolute Gasteiger partial charge is 0.477 e. The number of thioether (sulfide) groups is 1. The number of aliphatic carboxylic acids is 1. The summed E-state index contributed by atoms with van der Waals surface area (Å²) in [4.78, 5) is 53.5. The van der Waals surface area contributed by atoms with E-state index in [0.717, 1.165) is 32.5 Å². The summed E-state index contributed by atoms with van der Waals surface area (Å²) in [7, 11) is 0. The van der Waals surface area contributed by atoms with Gasteiger partial charge in [0.15, 0.2) is 15.6 Å².